The number of thioether (sulfide) groups is 1. The van der Waals surface area contributed by atoms with E-state index in [0.29, 0.717) is 18.1 Å². The molecule has 0 saturated carbocycles. The third kappa shape index (κ3) is 4.76. The van der Waals surface area contributed by atoms with E-state index >= 15 is 0 Å². The number of esters is 1. The van der Waals surface area contributed by atoms with Crippen LogP contribution in [0.3, 0.4) is 0 Å². The lowest BCUT2D eigenvalue weighted by atomic mass is 10.2. The molecule has 1 N–H and O–H groups in total. The molecule has 2 aromatic rings. The van der Waals surface area contributed by atoms with Crippen LogP contribution in [-0.2, 0) is 20.0 Å². The van der Waals surface area contributed by atoms with Gasteiger partial charge in [0.15, 0.2) is 17.7 Å². The average Bonchev–Trinajstić information content (AvgIpc) is 3.38. The molecule has 0 saturated heterocycles. The van der Waals surface area contributed by atoms with Gasteiger partial charge in [-0.25, -0.2) is 0 Å². The van der Waals surface area contributed by atoms with Crippen LogP contribution in [0.4, 0.5) is 0 Å². The third-order valence-electron chi connectivity index (χ3n) is 4.72. The first-order valence-electron chi connectivity index (χ1n) is 9.51. The van der Waals surface area contributed by atoms with Crippen LogP contribution in [0.1, 0.15) is 24.3 Å². The summed E-state index contributed by atoms with van der Waals surface area (Å²) in [5.41, 5.74) is 2.93. The molecule has 0 fully saturated rings. The molecule has 0 amide bonds. The molecule has 7 nitrogen and oxygen atoms in total. The number of carbonyl (C=O) groups is 1. The summed E-state index contributed by atoms with van der Waals surface area (Å²) in [7, 11) is 1.39. The van der Waals surface area contributed by atoms with Crippen molar-refractivity contribution in [2.24, 2.45) is 0 Å². The molecule has 0 aliphatic carbocycles. The number of allylic oxidation sites excluding steroid dienone is 1. The number of methoxy groups -OCH3 is 1. The Morgan fingerprint density at radius 3 is 2.93 bits per heavy atom. The molecular weight excluding hydrogens is 406 g/mol. The molecule has 0 radical (unpaired) electrons. The third-order valence-corrected chi connectivity index (χ3v) is 5.70. The highest BCUT2D eigenvalue weighted by atomic mass is 32.2. The first kappa shape index (κ1) is 20.3. The fraction of sp³-hybridized carbons (Fsp3) is 0.318. The summed E-state index contributed by atoms with van der Waals surface area (Å²) in [5, 5.41) is 3.37. The molecule has 4 rings (SSSR count). The molecule has 2 aliphatic heterocycles. The average molecular weight is 429 g/mol. The summed E-state index contributed by atoms with van der Waals surface area (Å²) >= 11 is 1.51. The van der Waals surface area contributed by atoms with Gasteiger partial charge in [-0.2, -0.15) is 0 Å². The van der Waals surface area contributed by atoms with E-state index in [1.54, 1.807) is 0 Å². The largest absolute Gasteiger partial charge is 0.487 e. The van der Waals surface area contributed by atoms with E-state index in [0.717, 1.165) is 39.8 Å². The van der Waals surface area contributed by atoms with Crippen molar-refractivity contribution in [3.05, 3.63) is 65.0 Å². The number of carbonyl (C=O) groups excluding carboxylic acids is 1. The quantitative estimate of drug-likeness (QED) is 0.636. The number of hydrogen-bond acceptors (Lipinski definition) is 8. The van der Waals surface area contributed by atoms with Crippen LogP contribution in [0.15, 0.2) is 53.9 Å². The first-order valence-corrected chi connectivity index (χ1v) is 10.7. The van der Waals surface area contributed by atoms with Crippen molar-refractivity contribution >= 4 is 17.7 Å². The standard InChI is InChI=1S/C22H23NO6S/c1-14-18(23-22(29-14)16-6-7-19-20(9-16)28-13-27-19)10-26-17-5-3-4-15(8-17)11-30-12-21(24)25-2/h3-9,22-23H,10-13H2,1-2H3. The summed E-state index contributed by atoms with van der Waals surface area (Å²) in [6, 6.07) is 13.6. The highest BCUT2D eigenvalue weighted by Crippen LogP contribution is 2.36. The number of nitrogens with one attached hydrogen (secondary N) is 1. The summed E-state index contributed by atoms with van der Waals surface area (Å²) < 4.78 is 27.4. The zero-order valence-corrected chi connectivity index (χ0v) is 17.6. The number of hydrogen-bond donors (Lipinski definition) is 1. The number of fused-ring (bicyclic) bond motifs is 1. The lowest BCUT2D eigenvalue weighted by Crippen LogP contribution is -2.19. The fourth-order valence-corrected chi connectivity index (χ4v) is 3.90. The maximum Gasteiger partial charge on any atom is 0.315 e. The van der Waals surface area contributed by atoms with Crippen molar-refractivity contribution in [2.75, 3.05) is 26.3 Å². The summed E-state index contributed by atoms with van der Waals surface area (Å²) in [6.07, 6.45) is -0.292. The van der Waals surface area contributed by atoms with Crippen molar-refractivity contribution in [1.29, 1.82) is 0 Å². The van der Waals surface area contributed by atoms with Crippen LogP contribution in [0.25, 0.3) is 0 Å². The summed E-state index contributed by atoms with van der Waals surface area (Å²) in [6.45, 7) is 2.53. The number of ether oxygens (including phenoxy) is 5. The zero-order valence-electron chi connectivity index (χ0n) is 16.8. The topological polar surface area (TPSA) is 75.3 Å². The molecule has 1 atom stereocenters. The van der Waals surface area contributed by atoms with Crippen molar-refractivity contribution < 1.29 is 28.5 Å². The van der Waals surface area contributed by atoms with E-state index in [9.17, 15) is 4.79 Å². The molecule has 158 valence electrons. The van der Waals surface area contributed by atoms with E-state index in [2.05, 4.69) is 10.1 Å². The molecule has 30 heavy (non-hydrogen) atoms. The van der Waals surface area contributed by atoms with Crippen molar-refractivity contribution in [2.45, 2.75) is 18.9 Å². The van der Waals surface area contributed by atoms with Gasteiger partial charge >= 0.3 is 5.97 Å². The fourth-order valence-electron chi connectivity index (χ4n) is 3.10. The van der Waals surface area contributed by atoms with Crippen LogP contribution < -0.4 is 19.5 Å². The zero-order chi connectivity index (χ0) is 20.9. The normalized spacial score (nSPS) is 16.8. The molecule has 2 aliphatic rings. The highest BCUT2D eigenvalue weighted by Gasteiger charge is 2.26. The van der Waals surface area contributed by atoms with Crippen LogP contribution >= 0.6 is 11.8 Å². The number of benzene rings is 2. The van der Waals surface area contributed by atoms with Gasteiger partial charge < -0.3 is 29.0 Å². The van der Waals surface area contributed by atoms with Gasteiger partial charge in [-0.3, -0.25) is 4.79 Å². The van der Waals surface area contributed by atoms with E-state index in [4.69, 9.17) is 18.9 Å². The maximum absolute atomic E-state index is 11.2. The van der Waals surface area contributed by atoms with Crippen LogP contribution in [0.5, 0.6) is 17.2 Å². The minimum absolute atomic E-state index is 0.223. The van der Waals surface area contributed by atoms with Crippen LogP contribution in [-0.4, -0.2) is 32.2 Å². The minimum atomic E-state index is -0.292. The van der Waals surface area contributed by atoms with Crippen LogP contribution in [0.2, 0.25) is 0 Å². The van der Waals surface area contributed by atoms with E-state index in [1.165, 1.54) is 18.9 Å². The lowest BCUT2D eigenvalue weighted by molar-refractivity contribution is -0.137. The Hall–Kier alpha value is -3.00. The Morgan fingerprint density at radius 2 is 2.07 bits per heavy atom. The Bertz CT molecular complexity index is 960. The lowest BCUT2D eigenvalue weighted by Gasteiger charge is -2.14. The van der Waals surface area contributed by atoms with E-state index in [-0.39, 0.29) is 19.0 Å². The summed E-state index contributed by atoms with van der Waals surface area (Å²) in [4.78, 5) is 11.2. The predicted molar refractivity (Wildman–Crippen MR) is 112 cm³/mol. The highest BCUT2D eigenvalue weighted by molar-refractivity contribution is 7.99. The smallest absolute Gasteiger partial charge is 0.315 e. The predicted octanol–water partition coefficient (Wildman–Crippen LogP) is 3.75. The minimum Gasteiger partial charge on any atom is -0.487 e. The van der Waals surface area contributed by atoms with Gasteiger partial charge in [0, 0.05) is 11.3 Å². The van der Waals surface area contributed by atoms with Gasteiger partial charge in [0.1, 0.15) is 18.1 Å². The van der Waals surface area contributed by atoms with Gasteiger partial charge in [-0.1, -0.05) is 12.1 Å². The second-order valence-corrected chi connectivity index (χ2v) is 7.78. The Morgan fingerprint density at radius 1 is 1.20 bits per heavy atom. The molecule has 2 aromatic carbocycles. The first-order chi connectivity index (χ1) is 14.6. The van der Waals surface area contributed by atoms with E-state index in [1.807, 2.05) is 49.4 Å². The second kappa shape index (κ2) is 9.21. The van der Waals surface area contributed by atoms with Crippen LogP contribution in [0, 0.1) is 0 Å². The summed E-state index contributed by atoms with van der Waals surface area (Å²) in [5.74, 6) is 3.84. The van der Waals surface area contributed by atoms with Gasteiger partial charge in [-0.05, 0) is 42.8 Å². The second-order valence-electron chi connectivity index (χ2n) is 6.79. The molecular formula is C22H23NO6S. The Balaban J connectivity index is 1.31. The van der Waals surface area contributed by atoms with Gasteiger partial charge in [-0.15, -0.1) is 11.8 Å². The van der Waals surface area contributed by atoms with Crippen molar-refractivity contribution in [3.63, 3.8) is 0 Å². The van der Waals surface area contributed by atoms with Crippen molar-refractivity contribution in [1.82, 2.24) is 5.32 Å². The molecule has 0 aromatic heterocycles. The Kier molecular flexibility index (Phi) is 6.23. The molecule has 8 heteroatoms. The van der Waals surface area contributed by atoms with Gasteiger partial charge in [0.2, 0.25) is 6.79 Å². The van der Waals surface area contributed by atoms with E-state index < -0.39 is 0 Å². The maximum atomic E-state index is 11.2. The number of rotatable bonds is 8. The van der Waals surface area contributed by atoms with Crippen molar-refractivity contribution in [3.8, 4) is 17.2 Å². The SMILES string of the molecule is COC(=O)CSCc1cccc(OCC2=C(C)OC(c3ccc4c(c3)OCO4)N2)c1. The molecule has 0 bridgehead atoms. The Labute approximate surface area is 179 Å². The molecule has 2 heterocycles. The monoisotopic (exact) mass is 429 g/mol. The van der Waals surface area contributed by atoms with Gasteiger partial charge in [0.05, 0.1) is 18.6 Å². The van der Waals surface area contributed by atoms with Gasteiger partial charge in [0.25, 0.3) is 0 Å². The molecule has 0 spiro atoms. The molecule has 1 unspecified atom stereocenters.